The minimum Gasteiger partial charge on any atom is -0.490 e. The van der Waals surface area contributed by atoms with Crippen LogP contribution in [0.1, 0.15) is 39.3 Å². The van der Waals surface area contributed by atoms with Crippen molar-refractivity contribution in [2.45, 2.75) is 25.5 Å². The summed E-state index contributed by atoms with van der Waals surface area (Å²) < 4.78 is 17.3. The third-order valence-corrected chi connectivity index (χ3v) is 5.65. The van der Waals surface area contributed by atoms with Gasteiger partial charge in [0.1, 0.15) is 18.1 Å². The first kappa shape index (κ1) is 22.1. The van der Waals surface area contributed by atoms with E-state index in [2.05, 4.69) is 26.6 Å². The average molecular weight is 499 g/mol. The lowest BCUT2D eigenvalue weighted by Crippen LogP contribution is -2.22. The van der Waals surface area contributed by atoms with E-state index in [1.807, 2.05) is 0 Å². The van der Waals surface area contributed by atoms with E-state index in [1.165, 1.54) is 0 Å². The van der Waals surface area contributed by atoms with Crippen molar-refractivity contribution in [3.05, 3.63) is 82.2 Å². The molecule has 1 unspecified atom stereocenters. The Morgan fingerprint density at radius 2 is 1.94 bits per heavy atom. The zero-order valence-electron chi connectivity index (χ0n) is 17.3. The minimum absolute atomic E-state index is 0.119. The van der Waals surface area contributed by atoms with Gasteiger partial charge in [-0.15, -0.1) is 0 Å². The van der Waals surface area contributed by atoms with Crippen molar-refractivity contribution < 1.29 is 23.5 Å². The number of benzene rings is 2. The molecule has 32 heavy (non-hydrogen) atoms. The number of carbonyl (C=O) groups excluding carboxylic acids is 2. The van der Waals surface area contributed by atoms with Gasteiger partial charge in [0.25, 0.3) is 11.8 Å². The summed E-state index contributed by atoms with van der Waals surface area (Å²) in [5.74, 6) is 0.779. The molecule has 3 aromatic rings. The summed E-state index contributed by atoms with van der Waals surface area (Å²) in [5, 5.41) is 5.61. The molecular formula is C24H23BrN2O5. The standard InChI is InChI=1S/C24H23BrN2O5/c25-21-13-17(8-9-22(21)32-15-20-7-3-11-31-20)24(29)27-18-5-1-4-16(12-18)23(28)26-14-19-6-2-10-30-19/h1-2,4-6,8-10,12-13,20H,3,7,11,14-15H2,(H,26,28)(H,27,29). The first-order chi connectivity index (χ1) is 15.6. The molecule has 0 spiro atoms. The highest BCUT2D eigenvalue weighted by Gasteiger charge is 2.17. The Labute approximate surface area is 194 Å². The number of hydrogen-bond acceptors (Lipinski definition) is 5. The second-order valence-corrected chi connectivity index (χ2v) is 8.24. The summed E-state index contributed by atoms with van der Waals surface area (Å²) in [6.07, 6.45) is 3.73. The molecule has 166 valence electrons. The Balaban J connectivity index is 1.35. The smallest absolute Gasteiger partial charge is 0.255 e. The van der Waals surface area contributed by atoms with E-state index in [9.17, 15) is 9.59 Å². The van der Waals surface area contributed by atoms with Crippen LogP contribution >= 0.6 is 15.9 Å². The van der Waals surface area contributed by atoms with Crippen molar-refractivity contribution in [3.8, 4) is 5.75 Å². The third kappa shape index (κ3) is 5.77. The van der Waals surface area contributed by atoms with Crippen LogP contribution < -0.4 is 15.4 Å². The molecule has 1 aromatic heterocycles. The molecule has 2 heterocycles. The van der Waals surface area contributed by atoms with Gasteiger partial charge in [0.15, 0.2) is 0 Å². The summed E-state index contributed by atoms with van der Waals surface area (Å²) in [7, 11) is 0. The zero-order valence-corrected chi connectivity index (χ0v) is 18.9. The number of halogens is 1. The maximum Gasteiger partial charge on any atom is 0.255 e. The molecule has 0 aliphatic carbocycles. The van der Waals surface area contributed by atoms with Crippen LogP contribution in [0.15, 0.2) is 69.8 Å². The van der Waals surface area contributed by atoms with E-state index in [0.717, 1.165) is 19.4 Å². The van der Waals surface area contributed by atoms with Crippen molar-refractivity contribution in [3.63, 3.8) is 0 Å². The van der Waals surface area contributed by atoms with E-state index in [-0.39, 0.29) is 24.5 Å². The highest BCUT2D eigenvalue weighted by Crippen LogP contribution is 2.27. The van der Waals surface area contributed by atoms with Gasteiger partial charge in [-0.3, -0.25) is 9.59 Å². The first-order valence-corrected chi connectivity index (χ1v) is 11.1. The molecule has 0 radical (unpaired) electrons. The van der Waals surface area contributed by atoms with Crippen LogP contribution in [0.3, 0.4) is 0 Å². The monoisotopic (exact) mass is 498 g/mol. The van der Waals surface area contributed by atoms with Crippen LogP contribution in [0.25, 0.3) is 0 Å². The molecule has 1 aliphatic rings. The van der Waals surface area contributed by atoms with E-state index >= 15 is 0 Å². The van der Waals surface area contributed by atoms with Crippen molar-refractivity contribution in [2.75, 3.05) is 18.5 Å². The van der Waals surface area contributed by atoms with Gasteiger partial charge in [0.05, 0.1) is 23.4 Å². The Kier molecular flexibility index (Phi) is 7.24. The van der Waals surface area contributed by atoms with Gasteiger partial charge in [-0.25, -0.2) is 0 Å². The molecule has 4 rings (SSSR count). The SMILES string of the molecule is O=C(NCc1ccco1)c1cccc(NC(=O)c2ccc(OCC3CCCO3)c(Br)c2)c1. The lowest BCUT2D eigenvalue weighted by Gasteiger charge is -2.13. The number of furan rings is 1. The van der Waals surface area contributed by atoms with Crippen LogP contribution in [0, 0.1) is 0 Å². The number of nitrogens with one attached hydrogen (secondary N) is 2. The predicted octanol–water partition coefficient (Wildman–Crippen LogP) is 4.78. The third-order valence-electron chi connectivity index (χ3n) is 5.03. The van der Waals surface area contributed by atoms with Crippen LogP contribution in [0.4, 0.5) is 5.69 Å². The van der Waals surface area contributed by atoms with E-state index in [0.29, 0.717) is 39.4 Å². The number of hydrogen-bond donors (Lipinski definition) is 2. The van der Waals surface area contributed by atoms with Crippen molar-refractivity contribution >= 4 is 33.4 Å². The summed E-state index contributed by atoms with van der Waals surface area (Å²) in [5.41, 5.74) is 1.43. The first-order valence-electron chi connectivity index (χ1n) is 10.3. The molecule has 1 atom stereocenters. The van der Waals surface area contributed by atoms with Crippen molar-refractivity contribution in [1.29, 1.82) is 0 Å². The number of rotatable bonds is 8. The molecule has 0 saturated carbocycles. The fraction of sp³-hybridized carbons (Fsp3) is 0.250. The summed E-state index contributed by atoms with van der Waals surface area (Å²) >= 11 is 3.47. The van der Waals surface area contributed by atoms with Gasteiger partial charge in [0.2, 0.25) is 0 Å². The number of amides is 2. The molecule has 0 bridgehead atoms. The molecule has 7 nitrogen and oxygen atoms in total. The lowest BCUT2D eigenvalue weighted by molar-refractivity contribution is 0.0677. The molecule has 8 heteroatoms. The highest BCUT2D eigenvalue weighted by atomic mass is 79.9. The zero-order chi connectivity index (χ0) is 22.3. The quantitative estimate of drug-likeness (QED) is 0.466. The predicted molar refractivity (Wildman–Crippen MR) is 123 cm³/mol. The summed E-state index contributed by atoms with van der Waals surface area (Å²) in [6, 6.07) is 15.5. The molecule has 2 amide bonds. The fourth-order valence-electron chi connectivity index (χ4n) is 3.34. The second kappa shape index (κ2) is 10.5. The van der Waals surface area contributed by atoms with Gasteiger partial charge in [-0.05, 0) is 77.3 Å². The fourth-order valence-corrected chi connectivity index (χ4v) is 3.83. The average Bonchev–Trinajstić information content (AvgIpc) is 3.51. The maximum absolute atomic E-state index is 12.7. The van der Waals surface area contributed by atoms with Gasteiger partial charge in [-0.1, -0.05) is 6.07 Å². The molecule has 1 fully saturated rings. The highest BCUT2D eigenvalue weighted by molar-refractivity contribution is 9.10. The van der Waals surface area contributed by atoms with Gasteiger partial charge >= 0.3 is 0 Å². The van der Waals surface area contributed by atoms with Gasteiger partial charge in [0, 0.05) is 23.4 Å². The van der Waals surface area contributed by atoms with E-state index < -0.39 is 0 Å². The van der Waals surface area contributed by atoms with Crippen molar-refractivity contribution in [2.24, 2.45) is 0 Å². The molecule has 1 aliphatic heterocycles. The molecule has 1 saturated heterocycles. The van der Waals surface area contributed by atoms with Gasteiger partial charge in [-0.2, -0.15) is 0 Å². The minimum atomic E-state index is -0.287. The molecule has 2 N–H and O–H groups in total. The van der Waals surface area contributed by atoms with E-state index in [1.54, 1.807) is 60.9 Å². The molecular weight excluding hydrogens is 476 g/mol. The van der Waals surface area contributed by atoms with Crippen LogP contribution in [-0.4, -0.2) is 31.1 Å². The van der Waals surface area contributed by atoms with Gasteiger partial charge < -0.3 is 24.5 Å². The number of carbonyl (C=O) groups is 2. The summed E-state index contributed by atoms with van der Waals surface area (Å²) in [6.45, 7) is 1.55. The Morgan fingerprint density at radius 1 is 1.06 bits per heavy atom. The topological polar surface area (TPSA) is 89.8 Å². The van der Waals surface area contributed by atoms with Crippen molar-refractivity contribution in [1.82, 2.24) is 5.32 Å². The van der Waals surface area contributed by atoms with E-state index in [4.69, 9.17) is 13.9 Å². The second-order valence-electron chi connectivity index (χ2n) is 7.39. The maximum atomic E-state index is 12.7. The largest absolute Gasteiger partial charge is 0.490 e. The van der Waals surface area contributed by atoms with Crippen LogP contribution in [0.5, 0.6) is 5.75 Å². The van der Waals surface area contributed by atoms with Crippen LogP contribution in [-0.2, 0) is 11.3 Å². The number of anilines is 1. The summed E-state index contributed by atoms with van der Waals surface area (Å²) in [4.78, 5) is 25.1. The van der Waals surface area contributed by atoms with Crippen LogP contribution in [0.2, 0.25) is 0 Å². The Bertz CT molecular complexity index is 1080. The Hall–Kier alpha value is -3.10. The Morgan fingerprint density at radius 3 is 2.69 bits per heavy atom. The number of ether oxygens (including phenoxy) is 2. The lowest BCUT2D eigenvalue weighted by atomic mass is 10.1. The normalized spacial score (nSPS) is 15.3. The molecule has 2 aromatic carbocycles.